The third kappa shape index (κ3) is 0.887. The summed E-state index contributed by atoms with van der Waals surface area (Å²) in [7, 11) is 0. The molecule has 12 heavy (non-hydrogen) atoms. The first-order valence-corrected chi connectivity index (χ1v) is 3.70. The van der Waals surface area contributed by atoms with Crippen LogP contribution >= 0.6 is 0 Å². The number of hydrogen-bond acceptors (Lipinski definition) is 2. The quantitative estimate of drug-likeness (QED) is 0.538. The number of nitrogens with zero attached hydrogens (tertiary/aromatic N) is 1. The fourth-order valence-electron chi connectivity index (χ4n) is 1.33. The molecule has 2 aliphatic rings. The Kier molecular flexibility index (Phi) is 1.40. The maximum atomic E-state index is 10.9. The molecule has 2 aliphatic heterocycles. The Labute approximate surface area is 70.0 Å². The zero-order chi connectivity index (χ0) is 8.55. The molecule has 0 radical (unpaired) electrons. The number of urea groups is 1. The number of nitrogens with one attached hydrogen (secondary N) is 1. The van der Waals surface area contributed by atoms with E-state index in [0.717, 1.165) is 17.9 Å². The van der Waals surface area contributed by atoms with E-state index in [-0.39, 0.29) is 0 Å². The number of amides is 2. The van der Waals surface area contributed by atoms with E-state index in [1.54, 1.807) is 12.3 Å². The monoisotopic (exact) mass is 163 g/mol. The van der Waals surface area contributed by atoms with Crippen molar-refractivity contribution in [3.63, 3.8) is 0 Å². The van der Waals surface area contributed by atoms with E-state index in [2.05, 4.69) is 5.32 Å². The largest absolute Gasteiger partial charge is 0.380 e. The van der Waals surface area contributed by atoms with Crippen molar-refractivity contribution in [3.05, 3.63) is 35.8 Å². The van der Waals surface area contributed by atoms with Crippen LogP contribution in [-0.4, -0.2) is 17.5 Å². The molecule has 2 heterocycles. The summed E-state index contributed by atoms with van der Waals surface area (Å²) in [6.07, 6.45) is 7.29. The minimum absolute atomic E-state index is 0.452. The highest BCUT2D eigenvalue weighted by molar-refractivity contribution is 5.77. The molecule has 0 fully saturated rings. The molecule has 0 unspecified atom stereocenters. The molecule has 4 nitrogen and oxygen atoms in total. The molecule has 0 aromatic rings. The number of hydrogen-bond donors (Lipinski definition) is 2. The zero-order valence-electron chi connectivity index (χ0n) is 6.45. The van der Waals surface area contributed by atoms with E-state index in [9.17, 15) is 4.79 Å². The normalized spacial score (nSPS) is 19.5. The number of fused-ring (bicyclic) bond motifs is 1. The summed E-state index contributed by atoms with van der Waals surface area (Å²) in [5, 5.41) is 3.11. The number of carbonyl (C=O) groups excluding carboxylic acids is 1. The topological polar surface area (TPSA) is 58.4 Å². The lowest BCUT2D eigenvalue weighted by Crippen LogP contribution is -2.32. The lowest BCUT2D eigenvalue weighted by molar-refractivity contribution is 0.233. The Hall–Kier alpha value is -1.71. The van der Waals surface area contributed by atoms with Crippen LogP contribution in [0.2, 0.25) is 0 Å². The molecule has 0 saturated heterocycles. The molecule has 0 aliphatic carbocycles. The molecule has 0 aromatic carbocycles. The average molecular weight is 163 g/mol. The lowest BCUT2D eigenvalue weighted by atomic mass is 10.2. The molecule has 62 valence electrons. The van der Waals surface area contributed by atoms with Gasteiger partial charge in [0.05, 0.1) is 11.4 Å². The maximum absolute atomic E-state index is 10.9. The maximum Gasteiger partial charge on any atom is 0.323 e. The predicted molar refractivity (Wildman–Crippen MR) is 44.7 cm³/mol. The second-order valence-corrected chi connectivity index (χ2v) is 2.60. The van der Waals surface area contributed by atoms with Gasteiger partial charge in [-0.3, -0.25) is 4.90 Å². The van der Waals surface area contributed by atoms with Crippen LogP contribution in [0.3, 0.4) is 0 Å². The van der Waals surface area contributed by atoms with Crippen LogP contribution in [0.15, 0.2) is 35.8 Å². The molecular weight excluding hydrogens is 154 g/mol. The summed E-state index contributed by atoms with van der Waals surface area (Å²) in [5.74, 6) is 0. The van der Waals surface area contributed by atoms with Crippen molar-refractivity contribution < 1.29 is 4.79 Å². The van der Waals surface area contributed by atoms with Crippen LogP contribution in [0.5, 0.6) is 0 Å². The van der Waals surface area contributed by atoms with Crippen molar-refractivity contribution in [2.75, 3.05) is 6.54 Å². The van der Waals surface area contributed by atoms with Crippen LogP contribution < -0.4 is 11.1 Å². The highest BCUT2D eigenvalue weighted by Gasteiger charge is 2.21. The Morgan fingerprint density at radius 2 is 2.50 bits per heavy atom. The van der Waals surface area contributed by atoms with Gasteiger partial charge in [-0.1, -0.05) is 0 Å². The smallest absolute Gasteiger partial charge is 0.323 e. The van der Waals surface area contributed by atoms with E-state index in [4.69, 9.17) is 5.73 Å². The molecule has 0 saturated carbocycles. The van der Waals surface area contributed by atoms with Crippen molar-refractivity contribution in [1.29, 1.82) is 0 Å². The van der Waals surface area contributed by atoms with Crippen LogP contribution in [0.4, 0.5) is 4.79 Å². The number of carbonyl (C=O) groups is 1. The first-order chi connectivity index (χ1) is 5.79. The van der Waals surface area contributed by atoms with Gasteiger partial charge < -0.3 is 11.1 Å². The summed E-state index contributed by atoms with van der Waals surface area (Å²) in [5.41, 5.74) is 6.97. The van der Waals surface area contributed by atoms with Gasteiger partial charge in [0.1, 0.15) is 0 Å². The van der Waals surface area contributed by atoms with E-state index in [0.29, 0.717) is 0 Å². The molecule has 0 aromatic heterocycles. The van der Waals surface area contributed by atoms with Gasteiger partial charge in [-0.05, 0) is 18.2 Å². The number of primary amides is 1. The van der Waals surface area contributed by atoms with E-state index < -0.39 is 6.03 Å². The third-order valence-electron chi connectivity index (χ3n) is 1.86. The molecule has 3 N–H and O–H groups in total. The van der Waals surface area contributed by atoms with E-state index >= 15 is 0 Å². The number of nitrogens with two attached hydrogens (primary N) is 1. The Morgan fingerprint density at radius 3 is 3.25 bits per heavy atom. The average Bonchev–Trinajstić information content (AvgIpc) is 2.49. The van der Waals surface area contributed by atoms with Crippen molar-refractivity contribution in [2.24, 2.45) is 5.73 Å². The molecule has 4 heteroatoms. The first kappa shape index (κ1) is 6.97. The molecule has 2 rings (SSSR count). The van der Waals surface area contributed by atoms with Crippen LogP contribution in [0.25, 0.3) is 0 Å². The van der Waals surface area contributed by atoms with Gasteiger partial charge in [-0.2, -0.15) is 0 Å². The van der Waals surface area contributed by atoms with Crippen LogP contribution in [0.1, 0.15) is 0 Å². The van der Waals surface area contributed by atoms with Crippen molar-refractivity contribution in [1.82, 2.24) is 10.2 Å². The van der Waals surface area contributed by atoms with Gasteiger partial charge in [0, 0.05) is 12.7 Å². The second kappa shape index (κ2) is 2.41. The third-order valence-corrected chi connectivity index (χ3v) is 1.86. The van der Waals surface area contributed by atoms with Crippen molar-refractivity contribution >= 4 is 6.03 Å². The van der Waals surface area contributed by atoms with Gasteiger partial charge in [0.2, 0.25) is 0 Å². The number of allylic oxidation sites excluding steroid dienone is 2. The molecule has 0 atom stereocenters. The summed E-state index contributed by atoms with van der Waals surface area (Å²) >= 11 is 0. The molecule has 2 amide bonds. The predicted octanol–water partition coefficient (Wildman–Crippen LogP) is 0.265. The Morgan fingerprint density at radius 1 is 1.67 bits per heavy atom. The SMILES string of the molecule is NC(=O)N1C=CC=C2NCC=C21. The molecule has 0 bridgehead atoms. The highest BCUT2D eigenvalue weighted by atomic mass is 16.2. The van der Waals surface area contributed by atoms with Crippen LogP contribution in [-0.2, 0) is 0 Å². The standard InChI is InChI=1S/C8H9N3O/c9-8(12)11-5-1-2-6-7(11)3-4-10-6/h1-3,5,10H,4H2,(H2,9,12). The van der Waals surface area contributed by atoms with Gasteiger partial charge >= 0.3 is 6.03 Å². The van der Waals surface area contributed by atoms with Gasteiger partial charge in [-0.15, -0.1) is 0 Å². The molecular formula is C8H9N3O. The highest BCUT2D eigenvalue weighted by Crippen LogP contribution is 2.21. The summed E-state index contributed by atoms with van der Waals surface area (Å²) in [4.78, 5) is 12.3. The fraction of sp³-hybridized carbons (Fsp3) is 0.125. The minimum Gasteiger partial charge on any atom is -0.380 e. The van der Waals surface area contributed by atoms with E-state index in [1.807, 2.05) is 12.2 Å². The number of rotatable bonds is 0. The van der Waals surface area contributed by atoms with Crippen molar-refractivity contribution in [2.45, 2.75) is 0 Å². The van der Waals surface area contributed by atoms with Gasteiger partial charge in [0.25, 0.3) is 0 Å². The van der Waals surface area contributed by atoms with Gasteiger partial charge in [0.15, 0.2) is 0 Å². The Balaban J connectivity index is 2.35. The van der Waals surface area contributed by atoms with E-state index in [1.165, 1.54) is 4.90 Å². The minimum atomic E-state index is -0.452. The first-order valence-electron chi connectivity index (χ1n) is 3.70. The second-order valence-electron chi connectivity index (χ2n) is 2.60. The van der Waals surface area contributed by atoms with Crippen LogP contribution in [0, 0.1) is 0 Å². The summed E-state index contributed by atoms with van der Waals surface area (Å²) in [6.45, 7) is 0.757. The lowest BCUT2D eigenvalue weighted by Gasteiger charge is -2.20. The summed E-state index contributed by atoms with van der Waals surface area (Å²) in [6, 6.07) is -0.452. The zero-order valence-corrected chi connectivity index (χ0v) is 6.45. The molecule has 0 spiro atoms. The van der Waals surface area contributed by atoms with Gasteiger partial charge in [-0.25, -0.2) is 4.79 Å². The summed E-state index contributed by atoms with van der Waals surface area (Å²) < 4.78 is 0. The fourth-order valence-corrected chi connectivity index (χ4v) is 1.33. The Bertz CT molecular complexity index is 314. The van der Waals surface area contributed by atoms with Crippen molar-refractivity contribution in [3.8, 4) is 0 Å².